The Morgan fingerprint density at radius 2 is 2.19 bits per heavy atom. The molecule has 0 fully saturated rings. The quantitative estimate of drug-likeness (QED) is 0.432. The molecule has 3 N–H and O–H groups in total. The summed E-state index contributed by atoms with van der Waals surface area (Å²) in [6.07, 6.45) is 1.56. The van der Waals surface area contributed by atoms with Crippen molar-refractivity contribution < 1.29 is 19.6 Å². The molecule has 0 bridgehead atoms. The molecule has 0 aromatic heterocycles. The summed E-state index contributed by atoms with van der Waals surface area (Å²) in [6.45, 7) is 1.82. The summed E-state index contributed by atoms with van der Waals surface area (Å²) < 4.78 is 5.40. The Bertz CT molecular complexity index is 533. The molecule has 1 rings (SSSR count). The van der Waals surface area contributed by atoms with Crippen LogP contribution in [0.1, 0.15) is 26.2 Å². The van der Waals surface area contributed by atoms with Crippen molar-refractivity contribution in [2.24, 2.45) is 5.73 Å². The average molecular weight is 317 g/mol. The third-order valence-electron chi connectivity index (χ3n) is 2.96. The molecule has 1 atom stereocenters. The molecule has 8 heteroatoms. The van der Waals surface area contributed by atoms with E-state index < -0.39 is 16.4 Å². The van der Waals surface area contributed by atoms with E-state index in [9.17, 15) is 14.9 Å². The van der Waals surface area contributed by atoms with Crippen LogP contribution >= 0.6 is 11.6 Å². The average Bonchev–Trinajstić information content (AvgIpc) is 2.37. The van der Waals surface area contributed by atoms with Crippen molar-refractivity contribution in [2.75, 3.05) is 6.61 Å². The fourth-order valence-electron chi connectivity index (χ4n) is 1.62. The van der Waals surface area contributed by atoms with Gasteiger partial charge in [-0.2, -0.15) is 0 Å². The minimum Gasteiger partial charge on any atom is -0.494 e. The predicted octanol–water partition coefficient (Wildman–Crippen LogP) is 2.60. The minimum absolute atomic E-state index is 0.0120. The standard InChI is InChI=1S/C13H17ClN2O5/c1-13(15,12(17)18)6-2-3-7-21-9-4-5-11(16(19)20)10(14)8-9/h4-5,8H,2-3,6-7,15H2,1H3,(H,17,18). The molecule has 0 heterocycles. The van der Waals surface area contributed by atoms with Crippen LogP contribution in [0.4, 0.5) is 5.69 Å². The van der Waals surface area contributed by atoms with Crippen LogP contribution in [0, 0.1) is 10.1 Å². The lowest BCUT2D eigenvalue weighted by atomic mass is 9.97. The summed E-state index contributed by atoms with van der Waals surface area (Å²) in [6, 6.07) is 4.12. The molecule has 116 valence electrons. The number of hydrogen-bond acceptors (Lipinski definition) is 5. The SMILES string of the molecule is CC(N)(CCCCOc1ccc([N+](=O)[O-])c(Cl)c1)C(=O)O. The van der Waals surface area contributed by atoms with Crippen molar-refractivity contribution >= 4 is 23.3 Å². The van der Waals surface area contributed by atoms with E-state index in [1.807, 2.05) is 0 Å². The third-order valence-corrected chi connectivity index (χ3v) is 3.27. The van der Waals surface area contributed by atoms with Gasteiger partial charge in [-0.3, -0.25) is 14.9 Å². The Morgan fingerprint density at radius 3 is 2.71 bits per heavy atom. The Labute approximate surface area is 126 Å². The third kappa shape index (κ3) is 5.20. The first-order valence-corrected chi connectivity index (χ1v) is 6.71. The number of nitro groups is 1. The van der Waals surface area contributed by atoms with Crippen molar-refractivity contribution in [2.45, 2.75) is 31.7 Å². The molecular weight excluding hydrogens is 300 g/mol. The number of unbranched alkanes of at least 4 members (excludes halogenated alkanes) is 1. The van der Waals surface area contributed by atoms with Gasteiger partial charge in [-0.15, -0.1) is 0 Å². The highest BCUT2D eigenvalue weighted by Crippen LogP contribution is 2.28. The van der Waals surface area contributed by atoms with Crippen molar-refractivity contribution in [1.82, 2.24) is 0 Å². The van der Waals surface area contributed by atoms with Crippen LogP contribution in [0.25, 0.3) is 0 Å². The van der Waals surface area contributed by atoms with Gasteiger partial charge in [0.25, 0.3) is 5.69 Å². The topological polar surface area (TPSA) is 116 Å². The predicted molar refractivity (Wildman–Crippen MR) is 77.7 cm³/mol. The summed E-state index contributed by atoms with van der Waals surface area (Å²) in [5.41, 5.74) is 4.18. The number of ether oxygens (including phenoxy) is 1. The van der Waals surface area contributed by atoms with Crippen LogP contribution in [-0.2, 0) is 4.79 Å². The Hall–Kier alpha value is -1.86. The molecule has 1 aromatic rings. The van der Waals surface area contributed by atoms with E-state index in [1.54, 1.807) is 0 Å². The van der Waals surface area contributed by atoms with Gasteiger partial charge in [0.15, 0.2) is 0 Å². The molecule has 0 spiro atoms. The second-order valence-electron chi connectivity index (χ2n) is 4.90. The molecule has 7 nitrogen and oxygen atoms in total. The highest BCUT2D eigenvalue weighted by Gasteiger charge is 2.26. The van der Waals surface area contributed by atoms with E-state index in [2.05, 4.69) is 0 Å². The number of benzene rings is 1. The maximum Gasteiger partial charge on any atom is 0.323 e. The van der Waals surface area contributed by atoms with Crippen LogP contribution in [0.5, 0.6) is 5.75 Å². The van der Waals surface area contributed by atoms with Crippen molar-refractivity contribution in [3.05, 3.63) is 33.3 Å². The van der Waals surface area contributed by atoms with Gasteiger partial charge in [0.1, 0.15) is 16.3 Å². The second-order valence-corrected chi connectivity index (χ2v) is 5.31. The summed E-state index contributed by atoms with van der Waals surface area (Å²) in [7, 11) is 0. The van der Waals surface area contributed by atoms with Gasteiger partial charge in [-0.05, 0) is 32.3 Å². The van der Waals surface area contributed by atoms with E-state index in [0.717, 1.165) is 0 Å². The molecular formula is C13H17ClN2O5. The van der Waals surface area contributed by atoms with Crippen LogP contribution in [0.2, 0.25) is 5.02 Å². The Morgan fingerprint density at radius 1 is 1.52 bits per heavy atom. The van der Waals surface area contributed by atoms with E-state index in [4.69, 9.17) is 27.2 Å². The molecule has 0 aliphatic rings. The number of carbonyl (C=O) groups is 1. The number of carboxylic acid groups (broad SMARTS) is 1. The van der Waals surface area contributed by atoms with Crippen LogP contribution in [-0.4, -0.2) is 28.1 Å². The summed E-state index contributed by atoms with van der Waals surface area (Å²) in [5.74, 6) is -0.607. The molecule has 1 aromatic carbocycles. The molecule has 0 radical (unpaired) electrons. The Balaban J connectivity index is 2.39. The van der Waals surface area contributed by atoms with Crippen LogP contribution in [0.15, 0.2) is 18.2 Å². The first kappa shape index (κ1) is 17.2. The van der Waals surface area contributed by atoms with Gasteiger partial charge in [0.05, 0.1) is 11.5 Å². The van der Waals surface area contributed by atoms with E-state index in [0.29, 0.717) is 31.6 Å². The maximum absolute atomic E-state index is 10.8. The van der Waals surface area contributed by atoms with Gasteiger partial charge in [-0.1, -0.05) is 11.6 Å². The van der Waals surface area contributed by atoms with Gasteiger partial charge in [0, 0.05) is 12.1 Å². The molecule has 1 unspecified atom stereocenters. The molecule has 0 saturated heterocycles. The Kier molecular flexibility index (Phi) is 5.92. The fraction of sp³-hybridized carbons (Fsp3) is 0.462. The normalized spacial score (nSPS) is 13.5. The van der Waals surface area contributed by atoms with E-state index in [-0.39, 0.29) is 10.7 Å². The largest absolute Gasteiger partial charge is 0.494 e. The lowest BCUT2D eigenvalue weighted by molar-refractivity contribution is -0.384. The van der Waals surface area contributed by atoms with Gasteiger partial charge in [0.2, 0.25) is 0 Å². The number of hydrogen-bond donors (Lipinski definition) is 2. The molecule has 0 aliphatic carbocycles. The fourth-order valence-corrected chi connectivity index (χ4v) is 1.86. The van der Waals surface area contributed by atoms with Crippen molar-refractivity contribution in [3.8, 4) is 5.75 Å². The lowest BCUT2D eigenvalue weighted by Gasteiger charge is -2.18. The lowest BCUT2D eigenvalue weighted by Crippen LogP contribution is -2.44. The summed E-state index contributed by atoms with van der Waals surface area (Å²) in [5, 5.41) is 19.5. The van der Waals surface area contributed by atoms with Crippen LogP contribution < -0.4 is 10.5 Å². The number of nitro benzene ring substituents is 1. The molecule has 0 aliphatic heterocycles. The monoisotopic (exact) mass is 316 g/mol. The number of halogens is 1. The van der Waals surface area contributed by atoms with E-state index >= 15 is 0 Å². The van der Waals surface area contributed by atoms with Crippen molar-refractivity contribution in [3.63, 3.8) is 0 Å². The highest BCUT2D eigenvalue weighted by molar-refractivity contribution is 6.32. The zero-order chi connectivity index (χ0) is 16.0. The van der Waals surface area contributed by atoms with Crippen molar-refractivity contribution in [1.29, 1.82) is 0 Å². The first-order valence-electron chi connectivity index (χ1n) is 6.33. The van der Waals surface area contributed by atoms with Gasteiger partial charge in [-0.25, -0.2) is 0 Å². The number of aliphatic carboxylic acids is 1. The molecule has 0 amide bonds. The number of carboxylic acids is 1. The summed E-state index contributed by atoms with van der Waals surface area (Å²) in [4.78, 5) is 20.8. The maximum atomic E-state index is 10.8. The molecule has 21 heavy (non-hydrogen) atoms. The molecule has 0 saturated carbocycles. The highest BCUT2D eigenvalue weighted by atomic mass is 35.5. The smallest absolute Gasteiger partial charge is 0.323 e. The summed E-state index contributed by atoms with van der Waals surface area (Å²) >= 11 is 5.76. The minimum atomic E-state index is -1.24. The zero-order valence-corrected chi connectivity index (χ0v) is 12.3. The zero-order valence-electron chi connectivity index (χ0n) is 11.5. The van der Waals surface area contributed by atoms with Gasteiger partial charge < -0.3 is 15.6 Å². The van der Waals surface area contributed by atoms with Gasteiger partial charge >= 0.3 is 5.97 Å². The van der Waals surface area contributed by atoms with Crippen LogP contribution in [0.3, 0.4) is 0 Å². The second kappa shape index (κ2) is 7.24. The first-order chi connectivity index (χ1) is 9.74. The number of nitrogens with zero attached hydrogens (tertiary/aromatic N) is 1. The van der Waals surface area contributed by atoms with E-state index in [1.165, 1.54) is 25.1 Å². The number of rotatable bonds is 8. The number of nitrogens with two attached hydrogens (primary N) is 1.